The van der Waals surface area contributed by atoms with E-state index >= 15 is 0 Å². The third-order valence-electron chi connectivity index (χ3n) is 1.24. The predicted molar refractivity (Wildman–Crippen MR) is 58.1 cm³/mol. The zero-order chi connectivity index (χ0) is 12.3. The topological polar surface area (TPSA) is 38.3 Å². The number of alkyl halides is 4. The van der Waals surface area contributed by atoms with Gasteiger partial charge in [0.1, 0.15) is 11.6 Å². The minimum atomic E-state index is -4.45. The average molecular weight is 339 g/mol. The van der Waals surface area contributed by atoms with Crippen LogP contribution in [0.25, 0.3) is 0 Å². The molecular weight excluding hydrogens is 326 g/mol. The molecule has 0 aromatic carbocycles. The molecule has 3 nitrogen and oxygen atoms in total. The first-order valence-electron chi connectivity index (χ1n) is 4.18. The molecule has 1 atom stereocenters. The van der Waals surface area contributed by atoms with E-state index in [-0.39, 0.29) is 4.43 Å². The number of amides is 1. The van der Waals surface area contributed by atoms with Crippen LogP contribution in [0.3, 0.4) is 0 Å². The molecule has 90 valence electrons. The third-order valence-corrected chi connectivity index (χ3v) is 2.12. The van der Waals surface area contributed by atoms with Gasteiger partial charge in [-0.25, -0.2) is 4.79 Å². The standard InChI is InChI=1S/C8H13F3INO2/c1-7(2,3)15-6(14)13-5(4-12)8(9,10)11/h5H,4H2,1-3H3,(H,13,14). The lowest BCUT2D eigenvalue weighted by atomic mass is 10.2. The van der Waals surface area contributed by atoms with Gasteiger partial charge < -0.3 is 10.1 Å². The summed E-state index contributed by atoms with van der Waals surface area (Å²) in [6, 6.07) is -1.87. The van der Waals surface area contributed by atoms with Crippen LogP contribution in [0.15, 0.2) is 0 Å². The Hall–Kier alpha value is -0.210. The summed E-state index contributed by atoms with van der Waals surface area (Å²) >= 11 is 1.56. The van der Waals surface area contributed by atoms with Gasteiger partial charge in [0, 0.05) is 4.43 Å². The summed E-state index contributed by atoms with van der Waals surface area (Å²) < 4.78 is 41.2. The van der Waals surface area contributed by atoms with Gasteiger partial charge in [0.15, 0.2) is 0 Å². The van der Waals surface area contributed by atoms with Crippen LogP contribution in [-0.4, -0.2) is 28.3 Å². The molecule has 0 aliphatic heterocycles. The van der Waals surface area contributed by atoms with E-state index in [2.05, 4.69) is 0 Å². The minimum Gasteiger partial charge on any atom is -0.444 e. The molecule has 1 unspecified atom stereocenters. The Morgan fingerprint density at radius 1 is 1.40 bits per heavy atom. The number of hydrogen-bond acceptors (Lipinski definition) is 2. The van der Waals surface area contributed by atoms with E-state index in [0.29, 0.717) is 0 Å². The van der Waals surface area contributed by atoms with Crippen LogP contribution < -0.4 is 5.32 Å². The molecule has 0 saturated heterocycles. The fraction of sp³-hybridized carbons (Fsp3) is 0.875. The molecule has 1 amide bonds. The van der Waals surface area contributed by atoms with Crippen molar-refractivity contribution in [2.24, 2.45) is 0 Å². The van der Waals surface area contributed by atoms with Gasteiger partial charge in [-0.3, -0.25) is 0 Å². The average Bonchev–Trinajstić information content (AvgIpc) is 1.94. The van der Waals surface area contributed by atoms with E-state index in [1.54, 1.807) is 48.7 Å². The van der Waals surface area contributed by atoms with Crippen molar-refractivity contribution in [1.82, 2.24) is 5.32 Å². The molecule has 0 fully saturated rings. The van der Waals surface area contributed by atoms with Crippen LogP contribution >= 0.6 is 22.6 Å². The zero-order valence-corrected chi connectivity index (χ0v) is 10.8. The zero-order valence-electron chi connectivity index (χ0n) is 8.61. The highest BCUT2D eigenvalue weighted by Gasteiger charge is 2.40. The van der Waals surface area contributed by atoms with Crippen molar-refractivity contribution in [3.05, 3.63) is 0 Å². The first-order valence-corrected chi connectivity index (χ1v) is 5.71. The van der Waals surface area contributed by atoms with Crippen molar-refractivity contribution in [3.8, 4) is 0 Å². The summed E-state index contributed by atoms with van der Waals surface area (Å²) in [5.41, 5.74) is -0.800. The molecule has 0 rings (SSSR count). The molecule has 0 aliphatic carbocycles. The molecule has 0 saturated carbocycles. The Morgan fingerprint density at radius 2 is 1.87 bits per heavy atom. The van der Waals surface area contributed by atoms with Crippen molar-refractivity contribution in [3.63, 3.8) is 0 Å². The second kappa shape index (κ2) is 5.22. The van der Waals surface area contributed by atoms with E-state index in [1.165, 1.54) is 0 Å². The Balaban J connectivity index is 4.27. The van der Waals surface area contributed by atoms with Gasteiger partial charge in [-0.05, 0) is 20.8 Å². The SMILES string of the molecule is CC(C)(C)OC(=O)NC(CI)C(F)(F)F. The fourth-order valence-electron chi connectivity index (χ4n) is 0.658. The lowest BCUT2D eigenvalue weighted by Crippen LogP contribution is -2.48. The summed E-state index contributed by atoms with van der Waals surface area (Å²) in [4.78, 5) is 11.0. The van der Waals surface area contributed by atoms with Gasteiger partial charge in [-0.15, -0.1) is 0 Å². The predicted octanol–water partition coefficient (Wildman–Crippen LogP) is 2.88. The van der Waals surface area contributed by atoms with E-state index in [1.807, 2.05) is 0 Å². The molecule has 0 bridgehead atoms. The first kappa shape index (κ1) is 14.8. The fourth-order valence-corrected chi connectivity index (χ4v) is 1.38. The number of carbonyl (C=O) groups excluding carboxylic acids is 1. The Morgan fingerprint density at radius 3 is 2.13 bits per heavy atom. The van der Waals surface area contributed by atoms with Crippen LogP contribution in [0, 0.1) is 0 Å². The maximum Gasteiger partial charge on any atom is 0.409 e. The summed E-state index contributed by atoms with van der Waals surface area (Å²) in [7, 11) is 0. The molecule has 1 N–H and O–H groups in total. The molecule has 15 heavy (non-hydrogen) atoms. The summed E-state index contributed by atoms with van der Waals surface area (Å²) in [6.45, 7) is 4.75. The third kappa shape index (κ3) is 6.80. The maximum atomic E-state index is 12.2. The smallest absolute Gasteiger partial charge is 0.409 e. The van der Waals surface area contributed by atoms with Crippen molar-refractivity contribution in [2.45, 2.75) is 38.6 Å². The van der Waals surface area contributed by atoms with Gasteiger partial charge in [-0.1, -0.05) is 22.6 Å². The van der Waals surface area contributed by atoms with E-state index in [4.69, 9.17) is 4.74 Å². The second-order valence-electron chi connectivity index (χ2n) is 3.89. The Kier molecular flexibility index (Phi) is 5.15. The van der Waals surface area contributed by atoms with Gasteiger partial charge in [0.2, 0.25) is 0 Å². The van der Waals surface area contributed by atoms with Crippen LogP contribution in [0.2, 0.25) is 0 Å². The van der Waals surface area contributed by atoms with Crippen molar-refractivity contribution in [1.29, 1.82) is 0 Å². The summed E-state index contributed by atoms with van der Waals surface area (Å²) in [5, 5.41) is 1.77. The van der Waals surface area contributed by atoms with Gasteiger partial charge in [-0.2, -0.15) is 13.2 Å². The first-order chi connectivity index (χ1) is 6.56. The van der Waals surface area contributed by atoms with Gasteiger partial charge in [0.25, 0.3) is 0 Å². The number of halogens is 4. The van der Waals surface area contributed by atoms with Gasteiger partial charge >= 0.3 is 12.3 Å². The lowest BCUT2D eigenvalue weighted by molar-refractivity contribution is -0.148. The highest BCUT2D eigenvalue weighted by atomic mass is 127. The van der Waals surface area contributed by atoms with Crippen LogP contribution in [0.5, 0.6) is 0 Å². The molecule has 0 aromatic rings. The number of rotatable bonds is 2. The van der Waals surface area contributed by atoms with Crippen molar-refractivity contribution in [2.75, 3.05) is 4.43 Å². The van der Waals surface area contributed by atoms with E-state index in [9.17, 15) is 18.0 Å². The number of carbonyl (C=O) groups is 1. The summed E-state index contributed by atoms with van der Waals surface area (Å²) in [6.07, 6.45) is -5.50. The monoisotopic (exact) mass is 339 g/mol. The largest absolute Gasteiger partial charge is 0.444 e. The Labute approximate surface area is 99.9 Å². The molecule has 0 aromatic heterocycles. The second-order valence-corrected chi connectivity index (χ2v) is 4.78. The number of hydrogen-bond donors (Lipinski definition) is 1. The minimum absolute atomic E-state index is 0.250. The highest BCUT2D eigenvalue weighted by Crippen LogP contribution is 2.22. The molecule has 0 spiro atoms. The number of alkyl carbamates (subject to hydrolysis) is 1. The molecular formula is C8H13F3INO2. The van der Waals surface area contributed by atoms with E-state index in [0.717, 1.165) is 0 Å². The van der Waals surface area contributed by atoms with Crippen LogP contribution in [0.1, 0.15) is 20.8 Å². The maximum absolute atomic E-state index is 12.2. The number of ether oxygens (including phenoxy) is 1. The highest BCUT2D eigenvalue weighted by molar-refractivity contribution is 14.1. The molecule has 0 radical (unpaired) electrons. The van der Waals surface area contributed by atoms with E-state index < -0.39 is 23.9 Å². The van der Waals surface area contributed by atoms with Crippen LogP contribution in [-0.2, 0) is 4.74 Å². The lowest BCUT2D eigenvalue weighted by Gasteiger charge is -2.23. The number of nitrogens with one attached hydrogen (secondary N) is 1. The Bertz CT molecular complexity index is 225. The normalized spacial score (nSPS) is 14.6. The molecule has 0 aliphatic rings. The van der Waals surface area contributed by atoms with Gasteiger partial charge in [0.05, 0.1) is 0 Å². The van der Waals surface area contributed by atoms with Crippen molar-refractivity contribution < 1.29 is 22.7 Å². The quantitative estimate of drug-likeness (QED) is 0.621. The van der Waals surface area contributed by atoms with Crippen molar-refractivity contribution >= 4 is 28.7 Å². The molecule has 7 heteroatoms. The summed E-state index contributed by atoms with van der Waals surface area (Å²) in [5.74, 6) is 0. The molecule has 0 heterocycles. The van der Waals surface area contributed by atoms with Crippen LogP contribution in [0.4, 0.5) is 18.0 Å².